The number of aryl methyl sites for hydroxylation is 2. The van der Waals surface area contributed by atoms with E-state index in [2.05, 4.69) is 0 Å². The maximum Gasteiger partial charge on any atom is 0.185 e. The smallest absolute Gasteiger partial charge is 0.185 e. The molecule has 0 aliphatic carbocycles. The monoisotopic (exact) mass is 316 g/mol. The van der Waals surface area contributed by atoms with Gasteiger partial charge in [-0.2, -0.15) is 0 Å². The van der Waals surface area contributed by atoms with Crippen LogP contribution in [0.3, 0.4) is 0 Å². The molecule has 0 amide bonds. The number of hydrogen-bond acceptors (Lipinski definition) is 3. The van der Waals surface area contributed by atoms with Gasteiger partial charge < -0.3 is 0 Å². The summed E-state index contributed by atoms with van der Waals surface area (Å²) in [6.07, 6.45) is -0.0146. The standard InChI is InChI=1S/C18H20O3S/c1-13-4-8-16(9-5-13)18(12-15(3)19)22(20,21)17-10-6-14(2)7-11-17/h4-11,18H,12H2,1-3H3. The molecular weight excluding hydrogens is 296 g/mol. The second-order valence-corrected chi connectivity index (χ2v) is 7.79. The molecule has 0 N–H and O–H groups in total. The summed E-state index contributed by atoms with van der Waals surface area (Å²) in [4.78, 5) is 11.8. The molecule has 116 valence electrons. The molecule has 1 unspecified atom stereocenters. The quantitative estimate of drug-likeness (QED) is 0.843. The van der Waals surface area contributed by atoms with Gasteiger partial charge in [0.05, 0.1) is 10.1 Å². The zero-order valence-corrected chi connectivity index (χ0v) is 13.9. The van der Waals surface area contributed by atoms with Gasteiger partial charge in [-0.25, -0.2) is 8.42 Å². The second-order valence-electron chi connectivity index (χ2n) is 5.66. The second kappa shape index (κ2) is 6.44. The van der Waals surface area contributed by atoms with Crippen LogP contribution < -0.4 is 0 Å². The van der Waals surface area contributed by atoms with Gasteiger partial charge in [-0.05, 0) is 38.5 Å². The molecule has 2 aromatic rings. The molecule has 22 heavy (non-hydrogen) atoms. The summed E-state index contributed by atoms with van der Waals surface area (Å²) in [5, 5.41) is -0.840. The predicted molar refractivity (Wildman–Crippen MR) is 87.6 cm³/mol. The maximum absolute atomic E-state index is 12.9. The highest BCUT2D eigenvalue weighted by atomic mass is 32.2. The number of sulfone groups is 1. The molecule has 0 aliphatic heterocycles. The first-order chi connectivity index (χ1) is 10.3. The first-order valence-electron chi connectivity index (χ1n) is 7.17. The third-order valence-corrected chi connectivity index (χ3v) is 5.76. The van der Waals surface area contributed by atoms with Crippen LogP contribution in [0.4, 0.5) is 0 Å². The fourth-order valence-corrected chi connectivity index (χ4v) is 4.15. The van der Waals surface area contributed by atoms with Crippen LogP contribution in [0.15, 0.2) is 53.4 Å². The van der Waals surface area contributed by atoms with Crippen LogP contribution in [0, 0.1) is 13.8 Å². The number of benzene rings is 2. The van der Waals surface area contributed by atoms with E-state index in [0.29, 0.717) is 5.56 Å². The summed E-state index contributed by atoms with van der Waals surface area (Å²) in [5.74, 6) is -0.138. The first-order valence-corrected chi connectivity index (χ1v) is 8.72. The molecule has 0 spiro atoms. The average molecular weight is 316 g/mol. The molecule has 0 saturated carbocycles. The number of rotatable bonds is 5. The SMILES string of the molecule is CC(=O)CC(c1ccc(C)cc1)S(=O)(=O)c1ccc(C)cc1. The van der Waals surface area contributed by atoms with Crippen molar-refractivity contribution in [1.82, 2.24) is 0 Å². The molecular formula is C18H20O3S. The lowest BCUT2D eigenvalue weighted by Crippen LogP contribution is -2.16. The molecule has 0 heterocycles. The summed E-state index contributed by atoms with van der Waals surface area (Å²) in [6, 6.07) is 14.1. The van der Waals surface area contributed by atoms with Crippen LogP contribution in [0.25, 0.3) is 0 Å². The van der Waals surface area contributed by atoms with E-state index in [1.165, 1.54) is 6.92 Å². The molecule has 3 nitrogen and oxygen atoms in total. The van der Waals surface area contributed by atoms with Gasteiger partial charge in [-0.1, -0.05) is 47.5 Å². The van der Waals surface area contributed by atoms with Gasteiger partial charge in [-0.3, -0.25) is 4.79 Å². The van der Waals surface area contributed by atoms with Crippen molar-refractivity contribution in [2.45, 2.75) is 37.3 Å². The van der Waals surface area contributed by atoms with Crippen LogP contribution in [0.1, 0.15) is 35.3 Å². The molecule has 1 atom stereocenters. The van der Waals surface area contributed by atoms with Crippen molar-refractivity contribution in [2.24, 2.45) is 0 Å². The van der Waals surface area contributed by atoms with Crippen molar-refractivity contribution in [3.63, 3.8) is 0 Å². The minimum absolute atomic E-state index is 0.0146. The third-order valence-electron chi connectivity index (χ3n) is 3.65. The van der Waals surface area contributed by atoms with E-state index in [-0.39, 0.29) is 17.1 Å². The molecule has 0 aromatic heterocycles. The van der Waals surface area contributed by atoms with Gasteiger partial charge in [0, 0.05) is 6.42 Å². The highest BCUT2D eigenvalue weighted by Gasteiger charge is 2.30. The van der Waals surface area contributed by atoms with Crippen molar-refractivity contribution < 1.29 is 13.2 Å². The first kappa shape index (κ1) is 16.4. The van der Waals surface area contributed by atoms with Crippen molar-refractivity contribution in [3.8, 4) is 0 Å². The average Bonchev–Trinajstić information content (AvgIpc) is 2.46. The highest BCUT2D eigenvalue weighted by Crippen LogP contribution is 2.32. The number of hydrogen-bond donors (Lipinski definition) is 0. The Hall–Kier alpha value is -1.94. The van der Waals surface area contributed by atoms with Crippen LogP contribution >= 0.6 is 0 Å². The maximum atomic E-state index is 12.9. The Morgan fingerprint density at radius 1 is 0.909 bits per heavy atom. The van der Waals surface area contributed by atoms with Gasteiger partial charge in [0.1, 0.15) is 5.78 Å². The van der Waals surface area contributed by atoms with Crippen LogP contribution in [-0.4, -0.2) is 14.2 Å². The molecule has 0 aliphatic rings. The molecule has 2 rings (SSSR count). The van der Waals surface area contributed by atoms with Crippen LogP contribution in [0.5, 0.6) is 0 Å². The summed E-state index contributed by atoms with van der Waals surface area (Å²) >= 11 is 0. The summed E-state index contributed by atoms with van der Waals surface area (Å²) < 4.78 is 25.8. The summed E-state index contributed by atoms with van der Waals surface area (Å²) in [7, 11) is -3.60. The van der Waals surface area contributed by atoms with Gasteiger partial charge in [0.25, 0.3) is 0 Å². The molecule has 0 radical (unpaired) electrons. The number of carbonyl (C=O) groups is 1. The number of carbonyl (C=O) groups excluding carboxylic acids is 1. The van der Waals surface area contributed by atoms with Gasteiger partial charge in [0.15, 0.2) is 9.84 Å². The fraction of sp³-hybridized carbons (Fsp3) is 0.278. The third kappa shape index (κ3) is 3.63. The minimum atomic E-state index is -3.60. The predicted octanol–water partition coefficient (Wildman–Crippen LogP) is 3.80. The van der Waals surface area contributed by atoms with Crippen molar-refractivity contribution in [3.05, 3.63) is 65.2 Å². The van der Waals surface area contributed by atoms with Gasteiger partial charge >= 0.3 is 0 Å². The minimum Gasteiger partial charge on any atom is -0.300 e. The number of ketones is 1. The lowest BCUT2D eigenvalue weighted by molar-refractivity contribution is -0.117. The zero-order chi connectivity index (χ0) is 16.3. The highest BCUT2D eigenvalue weighted by molar-refractivity contribution is 7.91. The Morgan fingerprint density at radius 2 is 1.36 bits per heavy atom. The Morgan fingerprint density at radius 3 is 1.82 bits per heavy atom. The van der Waals surface area contributed by atoms with E-state index in [0.717, 1.165) is 11.1 Å². The van der Waals surface area contributed by atoms with Gasteiger partial charge in [0.2, 0.25) is 0 Å². The van der Waals surface area contributed by atoms with Gasteiger partial charge in [-0.15, -0.1) is 0 Å². The van der Waals surface area contributed by atoms with E-state index in [1.54, 1.807) is 36.4 Å². The Balaban J connectivity index is 2.50. The fourth-order valence-electron chi connectivity index (χ4n) is 2.34. The van der Waals surface area contributed by atoms with Crippen molar-refractivity contribution >= 4 is 15.6 Å². The zero-order valence-electron chi connectivity index (χ0n) is 13.0. The Labute approximate surface area is 131 Å². The van der Waals surface area contributed by atoms with Crippen molar-refractivity contribution in [2.75, 3.05) is 0 Å². The lowest BCUT2D eigenvalue weighted by atomic mass is 10.1. The number of Topliss-reactive ketones (excluding diaryl/α,β-unsaturated/α-hetero) is 1. The lowest BCUT2D eigenvalue weighted by Gasteiger charge is -2.17. The Kier molecular flexibility index (Phi) is 4.81. The van der Waals surface area contributed by atoms with E-state index >= 15 is 0 Å². The van der Waals surface area contributed by atoms with E-state index in [9.17, 15) is 13.2 Å². The summed E-state index contributed by atoms with van der Waals surface area (Å²) in [5.41, 5.74) is 2.71. The van der Waals surface area contributed by atoms with E-state index < -0.39 is 15.1 Å². The van der Waals surface area contributed by atoms with Crippen LogP contribution in [0.2, 0.25) is 0 Å². The summed E-state index contributed by atoms with van der Waals surface area (Å²) in [6.45, 7) is 5.27. The topological polar surface area (TPSA) is 51.2 Å². The molecule has 0 bridgehead atoms. The van der Waals surface area contributed by atoms with E-state index in [1.807, 2.05) is 26.0 Å². The molecule has 0 fully saturated rings. The normalized spacial score (nSPS) is 12.9. The Bertz CT molecular complexity index is 757. The van der Waals surface area contributed by atoms with E-state index in [4.69, 9.17) is 0 Å². The molecule has 2 aromatic carbocycles. The molecule has 4 heteroatoms. The van der Waals surface area contributed by atoms with Crippen LogP contribution in [-0.2, 0) is 14.6 Å². The largest absolute Gasteiger partial charge is 0.300 e. The molecule has 0 saturated heterocycles. The van der Waals surface area contributed by atoms with Crippen molar-refractivity contribution in [1.29, 1.82) is 0 Å².